The molecule has 3 nitrogen and oxygen atoms in total. The molecule has 0 spiro atoms. The van der Waals surface area contributed by atoms with Crippen molar-refractivity contribution in [1.29, 1.82) is 0 Å². The molecule has 0 amide bonds. The number of rotatable bonds is 5. The molecule has 0 radical (unpaired) electrons. The van der Waals surface area contributed by atoms with Gasteiger partial charge in [0.05, 0.1) is 18.1 Å². The van der Waals surface area contributed by atoms with E-state index in [4.69, 9.17) is 32.7 Å². The maximum atomic E-state index is 12.7. The first-order valence-electron chi connectivity index (χ1n) is 8.14. The number of ketones is 1. The fourth-order valence-electron chi connectivity index (χ4n) is 3.69. The predicted molar refractivity (Wildman–Crippen MR) is 89.7 cm³/mol. The topological polar surface area (TPSA) is 35.5 Å². The number of methoxy groups -OCH3 is 2. The summed E-state index contributed by atoms with van der Waals surface area (Å²) in [4.78, 5) is 12.7. The van der Waals surface area contributed by atoms with Gasteiger partial charge in [-0.1, -0.05) is 12.5 Å². The van der Waals surface area contributed by atoms with Crippen molar-refractivity contribution in [2.75, 3.05) is 14.2 Å². The summed E-state index contributed by atoms with van der Waals surface area (Å²) in [5.41, 5.74) is 0. The largest absolute Gasteiger partial charge is 0.381 e. The third kappa shape index (κ3) is 4.25. The third-order valence-corrected chi connectivity index (χ3v) is 6.01. The first kappa shape index (κ1) is 18.3. The van der Waals surface area contributed by atoms with E-state index >= 15 is 0 Å². The number of carbonyl (C=O) groups excluding carboxylic acids is 1. The van der Waals surface area contributed by atoms with Crippen LogP contribution in [0.2, 0.25) is 0 Å². The van der Waals surface area contributed by atoms with Gasteiger partial charge in [-0.3, -0.25) is 4.79 Å². The van der Waals surface area contributed by atoms with Gasteiger partial charge in [0.1, 0.15) is 0 Å². The molecule has 0 aromatic heterocycles. The second-order valence-electron chi connectivity index (χ2n) is 6.31. The van der Waals surface area contributed by atoms with Crippen molar-refractivity contribution in [2.45, 2.75) is 61.5 Å². The lowest BCUT2D eigenvalue weighted by Gasteiger charge is -2.35. The van der Waals surface area contributed by atoms with Gasteiger partial charge in [-0.15, -0.1) is 23.2 Å². The van der Waals surface area contributed by atoms with Gasteiger partial charge in [0.15, 0.2) is 5.78 Å². The van der Waals surface area contributed by atoms with Crippen molar-refractivity contribution in [1.82, 2.24) is 0 Å². The number of hydrogen-bond donors (Lipinski definition) is 0. The van der Waals surface area contributed by atoms with Gasteiger partial charge < -0.3 is 9.47 Å². The summed E-state index contributed by atoms with van der Waals surface area (Å²) in [6.07, 6.45) is 9.24. The molecule has 0 bridgehead atoms. The predicted octanol–water partition coefficient (Wildman–Crippen LogP) is 3.96. The van der Waals surface area contributed by atoms with Crippen LogP contribution in [0.3, 0.4) is 0 Å². The molecule has 0 aromatic carbocycles. The van der Waals surface area contributed by atoms with Crippen LogP contribution in [0.25, 0.3) is 0 Å². The van der Waals surface area contributed by atoms with E-state index in [0.717, 1.165) is 38.5 Å². The lowest BCUT2D eigenvalue weighted by molar-refractivity contribution is -0.134. The van der Waals surface area contributed by atoms with E-state index in [1.54, 1.807) is 20.3 Å². The molecule has 2 aliphatic carbocycles. The summed E-state index contributed by atoms with van der Waals surface area (Å²) in [7, 11) is 3.33. The Morgan fingerprint density at radius 2 is 1.45 bits per heavy atom. The fraction of sp³-hybridized carbons (Fsp3) is 0.824. The molecule has 2 fully saturated rings. The molecule has 4 unspecified atom stereocenters. The molecule has 22 heavy (non-hydrogen) atoms. The molecule has 0 aliphatic heterocycles. The quantitative estimate of drug-likeness (QED) is 0.557. The van der Waals surface area contributed by atoms with E-state index < -0.39 is 0 Å². The molecule has 0 aromatic rings. The van der Waals surface area contributed by atoms with Crippen LogP contribution in [0.5, 0.6) is 0 Å². The first-order chi connectivity index (χ1) is 10.6. The standard InChI is InChI=1S/C17H26Cl2O3/c1-21-15-7-4-8-16(22-2)17(15)14(20)10-9-11-12(18)5-3-6-13(11)19/h9-13,15-17H,3-8H2,1-2H3/b10-9+. The Bertz CT molecular complexity index is 377. The van der Waals surface area contributed by atoms with Crippen molar-refractivity contribution in [2.24, 2.45) is 11.8 Å². The Balaban J connectivity index is 2.06. The Kier molecular flexibility index (Phi) is 7.20. The molecule has 2 rings (SSSR count). The third-order valence-electron chi connectivity index (χ3n) is 4.99. The fourth-order valence-corrected chi connectivity index (χ4v) is 4.59. The average molecular weight is 349 g/mol. The average Bonchev–Trinajstić information content (AvgIpc) is 2.53. The van der Waals surface area contributed by atoms with Crippen LogP contribution >= 0.6 is 23.2 Å². The molecule has 5 heteroatoms. The smallest absolute Gasteiger partial charge is 0.163 e. The highest BCUT2D eigenvalue weighted by molar-refractivity contribution is 6.24. The molecular weight excluding hydrogens is 323 g/mol. The molecule has 2 saturated carbocycles. The monoisotopic (exact) mass is 348 g/mol. The highest BCUT2D eigenvalue weighted by atomic mass is 35.5. The first-order valence-corrected chi connectivity index (χ1v) is 9.01. The van der Waals surface area contributed by atoms with Gasteiger partial charge in [0.25, 0.3) is 0 Å². The lowest BCUT2D eigenvalue weighted by Crippen LogP contribution is -2.43. The summed E-state index contributed by atoms with van der Waals surface area (Å²) in [5.74, 6) is -0.102. The van der Waals surface area contributed by atoms with E-state index in [2.05, 4.69) is 0 Å². The SMILES string of the molecule is COC1CCCC(OC)C1C(=O)/C=C/C1C(Cl)CCCC1Cl. The Morgan fingerprint density at radius 1 is 0.955 bits per heavy atom. The summed E-state index contributed by atoms with van der Waals surface area (Å²) < 4.78 is 11.0. The van der Waals surface area contributed by atoms with Crippen molar-refractivity contribution >= 4 is 29.0 Å². The Morgan fingerprint density at radius 3 is 1.95 bits per heavy atom. The maximum Gasteiger partial charge on any atom is 0.163 e. The minimum Gasteiger partial charge on any atom is -0.381 e. The molecule has 0 heterocycles. The molecule has 126 valence electrons. The van der Waals surface area contributed by atoms with Gasteiger partial charge in [-0.25, -0.2) is 0 Å². The van der Waals surface area contributed by atoms with Crippen molar-refractivity contribution < 1.29 is 14.3 Å². The van der Waals surface area contributed by atoms with E-state index in [9.17, 15) is 4.79 Å². The van der Waals surface area contributed by atoms with Crippen LogP contribution in [-0.4, -0.2) is 43.0 Å². The zero-order chi connectivity index (χ0) is 16.1. The van der Waals surface area contributed by atoms with E-state index in [1.165, 1.54) is 0 Å². The molecule has 0 saturated heterocycles. The van der Waals surface area contributed by atoms with E-state index in [0.29, 0.717) is 0 Å². The van der Waals surface area contributed by atoms with Gasteiger partial charge in [0, 0.05) is 30.9 Å². The maximum absolute atomic E-state index is 12.7. The van der Waals surface area contributed by atoms with Gasteiger partial charge in [-0.05, 0) is 38.2 Å². The second-order valence-corrected chi connectivity index (χ2v) is 7.43. The number of carbonyl (C=O) groups is 1. The number of ether oxygens (including phenoxy) is 2. The molecular formula is C17H26Cl2O3. The van der Waals surface area contributed by atoms with E-state index in [1.807, 2.05) is 6.08 Å². The number of alkyl halides is 2. The van der Waals surface area contributed by atoms with Crippen molar-refractivity contribution in [3.05, 3.63) is 12.2 Å². The summed E-state index contributed by atoms with van der Waals surface area (Å²) in [6.45, 7) is 0. The van der Waals surface area contributed by atoms with Crippen molar-refractivity contribution in [3.8, 4) is 0 Å². The zero-order valence-electron chi connectivity index (χ0n) is 13.3. The normalized spacial score (nSPS) is 40.0. The second kappa shape index (κ2) is 8.68. The van der Waals surface area contributed by atoms with Gasteiger partial charge in [0.2, 0.25) is 0 Å². The van der Waals surface area contributed by atoms with Crippen LogP contribution in [0.4, 0.5) is 0 Å². The minimum absolute atomic E-state index is 0.0168. The van der Waals surface area contributed by atoms with Crippen molar-refractivity contribution in [3.63, 3.8) is 0 Å². The van der Waals surface area contributed by atoms with Gasteiger partial charge in [-0.2, -0.15) is 0 Å². The number of halogens is 2. The van der Waals surface area contributed by atoms with E-state index in [-0.39, 0.29) is 40.6 Å². The molecule has 4 atom stereocenters. The van der Waals surface area contributed by atoms with Crippen LogP contribution in [-0.2, 0) is 14.3 Å². The summed E-state index contributed by atoms with van der Waals surface area (Å²) in [6, 6.07) is 0. The van der Waals surface area contributed by atoms with Crippen LogP contribution < -0.4 is 0 Å². The Labute approximate surface area is 143 Å². The zero-order valence-corrected chi connectivity index (χ0v) is 14.9. The lowest BCUT2D eigenvalue weighted by atomic mass is 9.80. The molecule has 2 aliphatic rings. The highest BCUT2D eigenvalue weighted by Gasteiger charge is 2.38. The Hall–Kier alpha value is -0.0900. The number of hydrogen-bond acceptors (Lipinski definition) is 3. The highest BCUT2D eigenvalue weighted by Crippen LogP contribution is 2.34. The van der Waals surface area contributed by atoms with Crippen LogP contribution in [0.15, 0.2) is 12.2 Å². The molecule has 0 N–H and O–H groups in total. The van der Waals surface area contributed by atoms with Gasteiger partial charge >= 0.3 is 0 Å². The minimum atomic E-state index is -0.230. The van der Waals surface area contributed by atoms with Crippen LogP contribution in [0.1, 0.15) is 38.5 Å². The number of allylic oxidation sites excluding steroid dienone is 2. The summed E-state index contributed by atoms with van der Waals surface area (Å²) in [5, 5.41) is 0.0335. The van der Waals surface area contributed by atoms with Crippen LogP contribution in [0, 0.1) is 11.8 Å². The summed E-state index contributed by atoms with van der Waals surface area (Å²) >= 11 is 12.7.